The molecule has 0 unspecified atom stereocenters. The molecule has 0 saturated carbocycles. The number of cyclic esters (lactones) is 1. The SMILES string of the molecule is O=C1OC(c2ccccc2)=N/C1=C\c1ccc(-c2ccc(Br)cc2)o1. The van der Waals surface area contributed by atoms with Gasteiger partial charge in [0.2, 0.25) is 5.90 Å². The van der Waals surface area contributed by atoms with E-state index in [-0.39, 0.29) is 5.70 Å². The van der Waals surface area contributed by atoms with Crippen molar-refractivity contribution in [2.24, 2.45) is 4.99 Å². The van der Waals surface area contributed by atoms with Crippen LogP contribution in [0, 0.1) is 0 Å². The van der Waals surface area contributed by atoms with E-state index in [2.05, 4.69) is 20.9 Å². The summed E-state index contributed by atoms with van der Waals surface area (Å²) in [5.41, 5.74) is 1.93. The summed E-state index contributed by atoms with van der Waals surface area (Å²) >= 11 is 3.41. The zero-order valence-corrected chi connectivity index (χ0v) is 14.6. The third kappa shape index (κ3) is 3.32. The molecule has 0 bridgehead atoms. The molecule has 25 heavy (non-hydrogen) atoms. The van der Waals surface area contributed by atoms with Crippen LogP contribution in [0.2, 0.25) is 0 Å². The third-order valence-electron chi connectivity index (χ3n) is 3.68. The van der Waals surface area contributed by atoms with Crippen LogP contribution in [0.5, 0.6) is 0 Å². The summed E-state index contributed by atoms with van der Waals surface area (Å²) in [4.78, 5) is 16.3. The minimum atomic E-state index is -0.486. The predicted octanol–water partition coefficient (Wildman–Crippen LogP) is 5.05. The molecule has 2 aromatic carbocycles. The van der Waals surface area contributed by atoms with Crippen LogP contribution in [0.25, 0.3) is 17.4 Å². The van der Waals surface area contributed by atoms with Gasteiger partial charge in [-0.3, -0.25) is 0 Å². The molecule has 0 spiro atoms. The average Bonchev–Trinajstić information content (AvgIpc) is 3.24. The fourth-order valence-electron chi connectivity index (χ4n) is 2.45. The number of hydrogen-bond acceptors (Lipinski definition) is 4. The first kappa shape index (κ1) is 15.6. The minimum absolute atomic E-state index is 0.218. The highest BCUT2D eigenvalue weighted by molar-refractivity contribution is 9.10. The zero-order valence-electron chi connectivity index (χ0n) is 13.0. The van der Waals surface area contributed by atoms with Gasteiger partial charge in [0.15, 0.2) is 5.70 Å². The molecule has 4 nitrogen and oxygen atoms in total. The van der Waals surface area contributed by atoms with Gasteiger partial charge in [-0.25, -0.2) is 9.79 Å². The number of ether oxygens (including phenoxy) is 1. The van der Waals surface area contributed by atoms with Gasteiger partial charge in [0.25, 0.3) is 0 Å². The molecule has 5 heteroatoms. The Bertz CT molecular complexity index is 985. The Hall–Kier alpha value is -2.92. The second kappa shape index (κ2) is 6.53. The molecule has 0 N–H and O–H groups in total. The maximum Gasteiger partial charge on any atom is 0.363 e. The molecule has 0 saturated heterocycles. The van der Waals surface area contributed by atoms with Gasteiger partial charge in [-0.05, 0) is 36.4 Å². The Morgan fingerprint density at radius 2 is 1.64 bits per heavy atom. The number of esters is 1. The summed E-state index contributed by atoms with van der Waals surface area (Å²) in [5, 5.41) is 0. The monoisotopic (exact) mass is 393 g/mol. The van der Waals surface area contributed by atoms with E-state index in [9.17, 15) is 4.79 Å². The normalized spacial score (nSPS) is 15.3. The first-order valence-electron chi connectivity index (χ1n) is 7.63. The predicted molar refractivity (Wildman–Crippen MR) is 98.9 cm³/mol. The number of nitrogens with zero attached hydrogens (tertiary/aromatic N) is 1. The van der Waals surface area contributed by atoms with Gasteiger partial charge in [0.05, 0.1) is 0 Å². The lowest BCUT2D eigenvalue weighted by molar-refractivity contribution is -0.129. The Kier molecular flexibility index (Phi) is 4.07. The Balaban J connectivity index is 1.62. The van der Waals surface area contributed by atoms with Crippen LogP contribution in [0.15, 0.2) is 86.3 Å². The average molecular weight is 394 g/mol. The van der Waals surface area contributed by atoms with Crippen molar-refractivity contribution >= 4 is 33.9 Å². The van der Waals surface area contributed by atoms with Crippen molar-refractivity contribution in [1.82, 2.24) is 0 Å². The molecule has 122 valence electrons. The van der Waals surface area contributed by atoms with Crippen molar-refractivity contribution in [3.05, 3.63) is 88.2 Å². The van der Waals surface area contributed by atoms with Gasteiger partial charge < -0.3 is 9.15 Å². The molecule has 0 fully saturated rings. The van der Waals surface area contributed by atoms with Gasteiger partial charge in [0.1, 0.15) is 11.5 Å². The summed E-state index contributed by atoms with van der Waals surface area (Å²) in [6.45, 7) is 0. The van der Waals surface area contributed by atoms with Crippen molar-refractivity contribution < 1.29 is 13.9 Å². The maximum absolute atomic E-state index is 12.0. The van der Waals surface area contributed by atoms with Gasteiger partial charge >= 0.3 is 5.97 Å². The Labute approximate surface area is 152 Å². The van der Waals surface area contributed by atoms with Crippen molar-refractivity contribution in [1.29, 1.82) is 0 Å². The number of rotatable bonds is 3. The van der Waals surface area contributed by atoms with E-state index < -0.39 is 5.97 Å². The van der Waals surface area contributed by atoms with Crippen LogP contribution in [-0.4, -0.2) is 11.9 Å². The summed E-state index contributed by atoms with van der Waals surface area (Å²) < 4.78 is 12.0. The molecule has 3 aromatic rings. The van der Waals surface area contributed by atoms with Gasteiger partial charge in [-0.2, -0.15) is 0 Å². The van der Waals surface area contributed by atoms with Crippen LogP contribution in [0.3, 0.4) is 0 Å². The van der Waals surface area contributed by atoms with Gasteiger partial charge in [0, 0.05) is 21.7 Å². The highest BCUT2D eigenvalue weighted by atomic mass is 79.9. The fourth-order valence-corrected chi connectivity index (χ4v) is 2.71. The second-order valence-corrected chi connectivity index (χ2v) is 6.33. The van der Waals surface area contributed by atoms with Crippen LogP contribution < -0.4 is 0 Å². The summed E-state index contributed by atoms with van der Waals surface area (Å²) in [7, 11) is 0. The van der Waals surface area contributed by atoms with Crippen LogP contribution >= 0.6 is 15.9 Å². The van der Waals surface area contributed by atoms with Crippen LogP contribution in [0.1, 0.15) is 11.3 Å². The smallest absolute Gasteiger partial charge is 0.363 e. The van der Waals surface area contributed by atoms with Crippen molar-refractivity contribution in [3.8, 4) is 11.3 Å². The molecule has 1 aliphatic rings. The minimum Gasteiger partial charge on any atom is -0.457 e. The third-order valence-corrected chi connectivity index (χ3v) is 4.20. The van der Waals surface area contributed by atoms with Crippen molar-refractivity contribution in [2.45, 2.75) is 0 Å². The van der Waals surface area contributed by atoms with E-state index in [0.717, 1.165) is 21.4 Å². The van der Waals surface area contributed by atoms with Crippen molar-refractivity contribution in [3.63, 3.8) is 0 Å². The van der Waals surface area contributed by atoms with Crippen LogP contribution in [-0.2, 0) is 9.53 Å². The number of hydrogen-bond donors (Lipinski definition) is 0. The Morgan fingerprint density at radius 1 is 0.880 bits per heavy atom. The Morgan fingerprint density at radius 3 is 2.40 bits per heavy atom. The van der Waals surface area contributed by atoms with E-state index >= 15 is 0 Å². The van der Waals surface area contributed by atoms with E-state index in [4.69, 9.17) is 9.15 Å². The van der Waals surface area contributed by atoms with E-state index in [1.165, 1.54) is 0 Å². The summed E-state index contributed by atoms with van der Waals surface area (Å²) in [6, 6.07) is 20.8. The lowest BCUT2D eigenvalue weighted by Gasteiger charge is -1.97. The fraction of sp³-hybridized carbons (Fsp3) is 0. The molecule has 2 heterocycles. The largest absolute Gasteiger partial charge is 0.457 e. The summed E-state index contributed by atoms with van der Waals surface area (Å²) in [5.74, 6) is 1.08. The standard InChI is InChI=1S/C20H12BrNO3/c21-15-8-6-13(7-9-15)18-11-10-16(24-18)12-17-20(23)25-19(22-17)14-4-2-1-3-5-14/h1-12H/b17-12-. The number of carbonyl (C=O) groups excluding carboxylic acids is 1. The zero-order chi connectivity index (χ0) is 17.2. The van der Waals surface area contributed by atoms with Gasteiger partial charge in [-0.1, -0.05) is 46.3 Å². The molecule has 0 aliphatic carbocycles. The molecule has 1 aliphatic heterocycles. The van der Waals surface area contributed by atoms with Crippen LogP contribution in [0.4, 0.5) is 0 Å². The number of benzene rings is 2. The maximum atomic E-state index is 12.0. The molecule has 4 rings (SSSR count). The molecular formula is C20H12BrNO3. The molecule has 0 atom stereocenters. The van der Waals surface area contributed by atoms with E-state index in [1.807, 2.05) is 60.7 Å². The first-order chi connectivity index (χ1) is 12.2. The van der Waals surface area contributed by atoms with E-state index in [1.54, 1.807) is 12.1 Å². The topological polar surface area (TPSA) is 51.8 Å². The molecular weight excluding hydrogens is 382 g/mol. The molecule has 1 aromatic heterocycles. The summed E-state index contributed by atoms with van der Waals surface area (Å²) in [6.07, 6.45) is 1.58. The quantitative estimate of drug-likeness (QED) is 0.461. The number of aliphatic imine (C=N–C) groups is 1. The lowest BCUT2D eigenvalue weighted by Crippen LogP contribution is -2.04. The second-order valence-electron chi connectivity index (χ2n) is 5.41. The number of furan rings is 1. The highest BCUT2D eigenvalue weighted by Crippen LogP contribution is 2.26. The first-order valence-corrected chi connectivity index (χ1v) is 8.42. The van der Waals surface area contributed by atoms with Crippen molar-refractivity contribution in [2.75, 3.05) is 0 Å². The highest BCUT2D eigenvalue weighted by Gasteiger charge is 2.24. The molecule has 0 radical (unpaired) electrons. The van der Waals surface area contributed by atoms with Gasteiger partial charge in [-0.15, -0.1) is 0 Å². The molecule has 0 amide bonds. The lowest BCUT2D eigenvalue weighted by atomic mass is 10.2. The number of halogens is 1. The van der Waals surface area contributed by atoms with E-state index in [0.29, 0.717) is 11.7 Å². The number of carbonyl (C=O) groups is 1.